The molecular formula is C19H22N2O4. The number of anilines is 2. The molecule has 2 amide bonds. The summed E-state index contributed by atoms with van der Waals surface area (Å²) in [7, 11) is 1.28. The number of nitrogens with zero attached hydrogens (tertiary/aromatic N) is 1. The van der Waals surface area contributed by atoms with Gasteiger partial charge in [0.1, 0.15) is 5.75 Å². The number of carbonyl (C=O) groups is 2. The van der Waals surface area contributed by atoms with Crippen LogP contribution in [0.1, 0.15) is 19.8 Å². The first-order valence-electron chi connectivity index (χ1n) is 8.13. The van der Waals surface area contributed by atoms with E-state index in [0.29, 0.717) is 18.0 Å². The van der Waals surface area contributed by atoms with Crippen LogP contribution in [0.5, 0.6) is 5.75 Å². The highest BCUT2D eigenvalue weighted by Crippen LogP contribution is 2.21. The molecule has 2 rings (SSSR count). The lowest BCUT2D eigenvalue weighted by molar-refractivity contribution is 0.187. The van der Waals surface area contributed by atoms with Crippen molar-refractivity contribution in [1.29, 1.82) is 0 Å². The number of unbranched alkanes of at least 4 members (excludes halogenated alkanes) is 1. The Hall–Kier alpha value is -3.02. The molecule has 6 nitrogen and oxygen atoms in total. The summed E-state index contributed by atoms with van der Waals surface area (Å²) < 4.78 is 10.0. The van der Waals surface area contributed by atoms with Crippen molar-refractivity contribution in [1.82, 2.24) is 0 Å². The minimum absolute atomic E-state index is 0.344. The predicted octanol–water partition coefficient (Wildman–Crippen LogP) is 4.67. The van der Waals surface area contributed by atoms with Gasteiger partial charge in [-0.1, -0.05) is 37.6 Å². The van der Waals surface area contributed by atoms with E-state index in [1.165, 1.54) is 7.11 Å². The van der Waals surface area contributed by atoms with E-state index in [1.54, 1.807) is 29.2 Å². The van der Waals surface area contributed by atoms with Gasteiger partial charge in [-0.25, -0.2) is 9.59 Å². The quantitative estimate of drug-likeness (QED) is 0.828. The molecule has 0 saturated carbocycles. The summed E-state index contributed by atoms with van der Waals surface area (Å²) in [6.07, 6.45) is 0.788. The van der Waals surface area contributed by atoms with Crippen molar-refractivity contribution in [3.63, 3.8) is 0 Å². The highest BCUT2D eigenvalue weighted by Gasteiger charge is 2.17. The van der Waals surface area contributed by atoms with E-state index in [2.05, 4.69) is 17.0 Å². The number of methoxy groups -OCH3 is 1. The third-order valence-electron chi connectivity index (χ3n) is 3.49. The lowest BCUT2D eigenvalue weighted by atomic mass is 10.2. The molecule has 0 atom stereocenters. The van der Waals surface area contributed by atoms with Gasteiger partial charge in [-0.15, -0.1) is 0 Å². The third kappa shape index (κ3) is 5.53. The van der Waals surface area contributed by atoms with E-state index < -0.39 is 12.2 Å². The Morgan fingerprint density at radius 3 is 2.52 bits per heavy atom. The first-order chi connectivity index (χ1) is 12.1. The Labute approximate surface area is 147 Å². The summed E-state index contributed by atoms with van der Waals surface area (Å²) in [6.45, 7) is 2.63. The van der Waals surface area contributed by atoms with Crippen LogP contribution in [0.4, 0.5) is 21.0 Å². The molecule has 0 fully saturated rings. The average molecular weight is 342 g/mol. The molecule has 0 aliphatic carbocycles. The second kappa shape index (κ2) is 9.32. The maximum absolute atomic E-state index is 12.6. The van der Waals surface area contributed by atoms with Gasteiger partial charge in [0.2, 0.25) is 0 Å². The van der Waals surface area contributed by atoms with Crippen molar-refractivity contribution in [2.24, 2.45) is 0 Å². The molecule has 0 aliphatic heterocycles. The number of carbonyl (C=O) groups excluding carboxylic acids is 2. The summed E-state index contributed by atoms with van der Waals surface area (Å²) in [5.41, 5.74) is 1.27. The molecule has 0 unspecified atom stereocenters. The molecule has 0 spiro atoms. The summed E-state index contributed by atoms with van der Waals surface area (Å²) in [5, 5.41) is 2.53. The van der Waals surface area contributed by atoms with Crippen LogP contribution in [0, 0.1) is 0 Å². The summed E-state index contributed by atoms with van der Waals surface area (Å²) >= 11 is 0. The highest BCUT2D eigenvalue weighted by molar-refractivity contribution is 5.89. The fourth-order valence-electron chi connectivity index (χ4n) is 2.21. The van der Waals surface area contributed by atoms with Gasteiger partial charge in [0.05, 0.1) is 7.11 Å². The van der Waals surface area contributed by atoms with E-state index in [1.807, 2.05) is 30.3 Å². The van der Waals surface area contributed by atoms with Crippen LogP contribution >= 0.6 is 0 Å². The average Bonchev–Trinajstić information content (AvgIpc) is 2.63. The molecule has 1 N–H and O–H groups in total. The van der Waals surface area contributed by atoms with Gasteiger partial charge in [0, 0.05) is 24.0 Å². The minimum Gasteiger partial charge on any atom is -0.453 e. The molecule has 6 heteroatoms. The fourth-order valence-corrected chi connectivity index (χ4v) is 2.21. The largest absolute Gasteiger partial charge is 0.453 e. The van der Waals surface area contributed by atoms with Crippen LogP contribution in [0.15, 0.2) is 54.6 Å². The van der Waals surface area contributed by atoms with Crippen LogP contribution in [0.2, 0.25) is 0 Å². The van der Waals surface area contributed by atoms with Crippen molar-refractivity contribution in [2.75, 3.05) is 23.9 Å². The van der Waals surface area contributed by atoms with Crippen molar-refractivity contribution >= 4 is 23.6 Å². The normalized spacial score (nSPS) is 10.0. The molecule has 0 heterocycles. The number of benzene rings is 2. The van der Waals surface area contributed by atoms with E-state index in [9.17, 15) is 9.59 Å². The van der Waals surface area contributed by atoms with Crippen LogP contribution in [0.25, 0.3) is 0 Å². The smallest absolute Gasteiger partial charge is 0.419 e. The molecule has 0 radical (unpaired) electrons. The number of ether oxygens (including phenoxy) is 2. The zero-order chi connectivity index (χ0) is 18.1. The Kier molecular flexibility index (Phi) is 6.83. The van der Waals surface area contributed by atoms with Crippen molar-refractivity contribution in [3.8, 4) is 5.75 Å². The lowest BCUT2D eigenvalue weighted by Gasteiger charge is -2.22. The Bertz CT molecular complexity index is 704. The Balaban J connectivity index is 2.12. The van der Waals surface area contributed by atoms with E-state index >= 15 is 0 Å². The second-order valence-corrected chi connectivity index (χ2v) is 5.35. The molecule has 132 valence electrons. The summed E-state index contributed by atoms with van der Waals surface area (Å²) in [4.78, 5) is 25.5. The molecule has 0 saturated heterocycles. The minimum atomic E-state index is -0.586. The summed E-state index contributed by atoms with van der Waals surface area (Å²) in [6, 6.07) is 16.0. The number of rotatable bonds is 6. The zero-order valence-electron chi connectivity index (χ0n) is 14.4. The molecule has 0 aromatic heterocycles. The van der Waals surface area contributed by atoms with Crippen LogP contribution < -0.4 is 15.0 Å². The first kappa shape index (κ1) is 18.3. The van der Waals surface area contributed by atoms with Crippen molar-refractivity contribution < 1.29 is 19.1 Å². The monoisotopic (exact) mass is 342 g/mol. The molecule has 25 heavy (non-hydrogen) atoms. The third-order valence-corrected chi connectivity index (χ3v) is 3.49. The van der Waals surface area contributed by atoms with E-state index in [4.69, 9.17) is 4.74 Å². The van der Waals surface area contributed by atoms with Crippen LogP contribution in [-0.4, -0.2) is 25.8 Å². The zero-order valence-corrected chi connectivity index (χ0v) is 14.4. The number of hydrogen-bond donors (Lipinski definition) is 1. The fraction of sp³-hybridized carbons (Fsp3) is 0.263. The van der Waals surface area contributed by atoms with Gasteiger partial charge in [0.25, 0.3) is 0 Å². The van der Waals surface area contributed by atoms with E-state index in [-0.39, 0.29) is 0 Å². The number of para-hydroxylation sites is 1. The molecule has 0 aliphatic rings. The summed E-state index contributed by atoms with van der Waals surface area (Å²) in [5.74, 6) is 0.344. The highest BCUT2D eigenvalue weighted by atomic mass is 16.6. The van der Waals surface area contributed by atoms with Gasteiger partial charge in [-0.3, -0.25) is 10.2 Å². The Morgan fingerprint density at radius 2 is 1.84 bits per heavy atom. The van der Waals surface area contributed by atoms with Crippen LogP contribution in [-0.2, 0) is 4.74 Å². The van der Waals surface area contributed by atoms with Crippen molar-refractivity contribution in [3.05, 3.63) is 54.6 Å². The molecular weight excluding hydrogens is 320 g/mol. The maximum atomic E-state index is 12.6. The SMILES string of the molecule is CCCCN(C(=O)Oc1cccc(NC(=O)OC)c1)c1ccccc1. The second-order valence-electron chi connectivity index (χ2n) is 5.35. The first-order valence-corrected chi connectivity index (χ1v) is 8.13. The predicted molar refractivity (Wildman–Crippen MR) is 97.2 cm³/mol. The van der Waals surface area contributed by atoms with E-state index in [0.717, 1.165) is 18.5 Å². The van der Waals surface area contributed by atoms with Gasteiger partial charge < -0.3 is 9.47 Å². The van der Waals surface area contributed by atoms with Gasteiger partial charge in [-0.2, -0.15) is 0 Å². The van der Waals surface area contributed by atoms with Gasteiger partial charge in [-0.05, 0) is 30.7 Å². The number of amides is 2. The van der Waals surface area contributed by atoms with Crippen molar-refractivity contribution in [2.45, 2.75) is 19.8 Å². The standard InChI is InChI=1S/C19H22N2O4/c1-3-4-13-21(16-10-6-5-7-11-16)19(23)25-17-12-8-9-15(14-17)20-18(22)24-2/h5-12,14H,3-4,13H2,1-2H3,(H,20,22). The molecule has 2 aromatic carbocycles. The number of nitrogens with one attached hydrogen (secondary N) is 1. The van der Waals surface area contributed by atoms with Gasteiger partial charge >= 0.3 is 12.2 Å². The molecule has 2 aromatic rings. The number of hydrogen-bond acceptors (Lipinski definition) is 4. The van der Waals surface area contributed by atoms with Crippen LogP contribution in [0.3, 0.4) is 0 Å². The Morgan fingerprint density at radius 1 is 1.08 bits per heavy atom. The van der Waals surface area contributed by atoms with Gasteiger partial charge in [0.15, 0.2) is 0 Å². The lowest BCUT2D eigenvalue weighted by Crippen LogP contribution is -2.34. The maximum Gasteiger partial charge on any atom is 0.419 e. The molecule has 0 bridgehead atoms. The topological polar surface area (TPSA) is 67.9 Å².